The molecular formula is C32H24N2O3S. The van der Waals surface area contributed by atoms with E-state index in [-0.39, 0.29) is 11.4 Å². The molecule has 0 spiro atoms. The van der Waals surface area contributed by atoms with Crippen molar-refractivity contribution in [3.05, 3.63) is 134 Å². The summed E-state index contributed by atoms with van der Waals surface area (Å²) in [6.45, 7) is 0. The van der Waals surface area contributed by atoms with Gasteiger partial charge >= 0.3 is 0 Å². The maximum Gasteiger partial charge on any atom is 0.269 e. The third-order valence-corrected chi connectivity index (χ3v) is 6.64. The molecule has 0 saturated heterocycles. The van der Waals surface area contributed by atoms with Gasteiger partial charge in [0, 0.05) is 22.6 Å². The Kier molecular flexibility index (Phi) is 8.55. The topological polar surface area (TPSA) is 87.2 Å². The van der Waals surface area contributed by atoms with Gasteiger partial charge in [0.25, 0.3) is 5.69 Å². The van der Waals surface area contributed by atoms with Crippen molar-refractivity contribution in [2.45, 2.75) is 4.90 Å². The Morgan fingerprint density at radius 1 is 0.737 bits per heavy atom. The summed E-state index contributed by atoms with van der Waals surface area (Å²) in [5.41, 5.74) is 5.70. The quantitative estimate of drug-likeness (QED) is 0.110. The van der Waals surface area contributed by atoms with Crippen LogP contribution in [-0.4, -0.2) is 16.3 Å². The highest BCUT2D eigenvalue weighted by Crippen LogP contribution is 2.30. The number of aromatic hydroxyl groups is 1. The number of nitro benzene ring substituents is 1. The summed E-state index contributed by atoms with van der Waals surface area (Å²) in [4.78, 5) is 11.7. The number of nitro groups is 1. The minimum Gasteiger partial charge on any atom is -0.507 e. The van der Waals surface area contributed by atoms with E-state index < -0.39 is 4.92 Å². The molecule has 4 rings (SSSR count). The van der Waals surface area contributed by atoms with Crippen LogP contribution >= 0.6 is 11.8 Å². The van der Waals surface area contributed by atoms with Crippen LogP contribution in [-0.2, 0) is 0 Å². The van der Waals surface area contributed by atoms with E-state index in [1.807, 2.05) is 73.0 Å². The molecule has 0 heterocycles. The van der Waals surface area contributed by atoms with Gasteiger partial charge in [0.15, 0.2) is 0 Å². The van der Waals surface area contributed by atoms with Crippen molar-refractivity contribution in [3.8, 4) is 11.8 Å². The number of nitriles is 1. The fourth-order valence-electron chi connectivity index (χ4n) is 3.78. The number of nitrogens with zero attached hydrogens (tertiary/aromatic N) is 2. The van der Waals surface area contributed by atoms with E-state index in [4.69, 9.17) is 5.26 Å². The Hall–Kier alpha value is -4.86. The summed E-state index contributed by atoms with van der Waals surface area (Å²) in [6, 6.07) is 27.4. The first kappa shape index (κ1) is 26.2. The molecule has 0 amide bonds. The SMILES string of the molecule is CSc1ccc(C=Cc2c(O)ccc(C=Cc3ccc([N+](=O)[O-])cc3)c2C=Cc2ccc(C#N)cc2)cc1. The molecule has 1 N–H and O–H groups in total. The molecule has 0 aliphatic rings. The molecule has 0 aliphatic heterocycles. The highest BCUT2D eigenvalue weighted by atomic mass is 32.2. The molecule has 0 aromatic heterocycles. The minimum absolute atomic E-state index is 0.0378. The van der Waals surface area contributed by atoms with E-state index in [0.717, 1.165) is 27.8 Å². The summed E-state index contributed by atoms with van der Waals surface area (Å²) >= 11 is 1.68. The average Bonchev–Trinajstić information content (AvgIpc) is 2.95. The van der Waals surface area contributed by atoms with E-state index in [1.54, 1.807) is 42.1 Å². The van der Waals surface area contributed by atoms with E-state index >= 15 is 0 Å². The fourth-order valence-corrected chi connectivity index (χ4v) is 4.19. The van der Waals surface area contributed by atoms with Crippen LogP contribution in [0.25, 0.3) is 36.5 Å². The Morgan fingerprint density at radius 3 is 1.82 bits per heavy atom. The zero-order valence-corrected chi connectivity index (χ0v) is 21.4. The number of hydrogen-bond acceptors (Lipinski definition) is 5. The Labute approximate surface area is 225 Å². The first-order chi connectivity index (χ1) is 18.5. The van der Waals surface area contributed by atoms with Crippen molar-refractivity contribution in [3.63, 3.8) is 0 Å². The molecule has 186 valence electrons. The predicted molar refractivity (Wildman–Crippen MR) is 157 cm³/mol. The number of phenolic OH excluding ortho intramolecular Hbond substituents is 1. The van der Waals surface area contributed by atoms with Crippen molar-refractivity contribution in [1.82, 2.24) is 0 Å². The molecule has 0 aliphatic carbocycles. The molecule has 0 bridgehead atoms. The Morgan fingerprint density at radius 2 is 1.26 bits per heavy atom. The van der Waals surface area contributed by atoms with Crippen LogP contribution in [0.2, 0.25) is 0 Å². The Balaban J connectivity index is 1.74. The van der Waals surface area contributed by atoms with Crippen molar-refractivity contribution >= 4 is 53.9 Å². The number of phenols is 1. The fraction of sp³-hybridized carbons (Fsp3) is 0.0312. The van der Waals surface area contributed by atoms with Gasteiger partial charge in [-0.15, -0.1) is 11.8 Å². The molecule has 4 aromatic rings. The smallest absolute Gasteiger partial charge is 0.269 e. The molecule has 38 heavy (non-hydrogen) atoms. The van der Waals surface area contributed by atoms with Crippen LogP contribution < -0.4 is 0 Å². The van der Waals surface area contributed by atoms with E-state index in [9.17, 15) is 15.2 Å². The van der Waals surface area contributed by atoms with Crippen LogP contribution in [0.15, 0.2) is 89.8 Å². The molecule has 6 heteroatoms. The predicted octanol–water partition coefficient (Wildman–Crippen LogP) is 8.41. The second-order valence-electron chi connectivity index (χ2n) is 8.36. The molecule has 0 saturated carbocycles. The molecular weight excluding hydrogens is 492 g/mol. The summed E-state index contributed by atoms with van der Waals surface area (Å²) in [6.07, 6.45) is 13.6. The third-order valence-electron chi connectivity index (χ3n) is 5.90. The molecule has 0 radical (unpaired) electrons. The third kappa shape index (κ3) is 6.67. The second kappa shape index (κ2) is 12.4. The average molecular weight is 517 g/mol. The summed E-state index contributed by atoms with van der Waals surface area (Å²) in [5, 5.41) is 30.8. The van der Waals surface area contributed by atoms with Gasteiger partial charge in [0.2, 0.25) is 0 Å². The lowest BCUT2D eigenvalue weighted by atomic mass is 9.96. The van der Waals surface area contributed by atoms with E-state index in [0.29, 0.717) is 11.1 Å². The lowest BCUT2D eigenvalue weighted by Crippen LogP contribution is -1.89. The summed E-state index contributed by atoms with van der Waals surface area (Å²) in [5.74, 6) is 0.147. The van der Waals surface area contributed by atoms with Crippen molar-refractivity contribution < 1.29 is 10.0 Å². The molecule has 4 aromatic carbocycles. The standard InChI is InChI=1S/C32H24N2O3S/c1-38-29-17-9-25(10-18-29)12-20-31-30(19-11-23-2-4-26(22-33)5-3-23)27(14-21-32(31)35)13-6-24-7-15-28(16-8-24)34(36)37/h2-21,35H,1H3. The van der Waals surface area contributed by atoms with Crippen LogP contribution in [0.3, 0.4) is 0 Å². The number of rotatable bonds is 8. The highest BCUT2D eigenvalue weighted by Gasteiger charge is 2.08. The van der Waals surface area contributed by atoms with Crippen LogP contribution in [0, 0.1) is 21.4 Å². The number of benzene rings is 4. The van der Waals surface area contributed by atoms with Crippen molar-refractivity contribution in [2.75, 3.05) is 6.26 Å². The van der Waals surface area contributed by atoms with Crippen LogP contribution in [0.4, 0.5) is 5.69 Å². The number of hydrogen-bond donors (Lipinski definition) is 1. The molecule has 0 unspecified atom stereocenters. The first-order valence-corrected chi connectivity index (χ1v) is 13.0. The van der Waals surface area contributed by atoms with Gasteiger partial charge < -0.3 is 5.11 Å². The largest absolute Gasteiger partial charge is 0.507 e. The maximum absolute atomic E-state index is 11.0. The Bertz CT molecular complexity index is 1560. The van der Waals surface area contributed by atoms with Gasteiger partial charge in [-0.05, 0) is 76.5 Å². The van der Waals surface area contributed by atoms with Gasteiger partial charge in [-0.25, -0.2) is 0 Å². The normalized spacial score (nSPS) is 11.4. The summed E-state index contributed by atoms with van der Waals surface area (Å²) in [7, 11) is 0. The van der Waals surface area contributed by atoms with Gasteiger partial charge in [0.1, 0.15) is 5.75 Å². The molecule has 5 nitrogen and oxygen atoms in total. The highest BCUT2D eigenvalue weighted by molar-refractivity contribution is 7.98. The zero-order chi connectivity index (χ0) is 26.9. The zero-order valence-electron chi connectivity index (χ0n) is 20.6. The number of thioether (sulfide) groups is 1. The second-order valence-corrected chi connectivity index (χ2v) is 9.24. The van der Waals surface area contributed by atoms with Gasteiger partial charge in [-0.2, -0.15) is 5.26 Å². The van der Waals surface area contributed by atoms with Crippen LogP contribution in [0.1, 0.15) is 38.9 Å². The van der Waals surface area contributed by atoms with Gasteiger partial charge in [0.05, 0.1) is 16.6 Å². The molecule has 0 fully saturated rings. The lowest BCUT2D eigenvalue weighted by molar-refractivity contribution is -0.384. The van der Waals surface area contributed by atoms with Gasteiger partial charge in [-0.1, -0.05) is 66.8 Å². The van der Waals surface area contributed by atoms with E-state index in [2.05, 4.69) is 18.2 Å². The lowest BCUT2D eigenvalue weighted by Gasteiger charge is -2.10. The van der Waals surface area contributed by atoms with Crippen molar-refractivity contribution in [2.24, 2.45) is 0 Å². The first-order valence-electron chi connectivity index (χ1n) is 11.8. The summed E-state index contributed by atoms with van der Waals surface area (Å²) < 4.78 is 0. The maximum atomic E-state index is 11.0. The van der Waals surface area contributed by atoms with E-state index in [1.165, 1.54) is 17.0 Å². The molecule has 0 atom stereocenters. The van der Waals surface area contributed by atoms with Gasteiger partial charge in [-0.3, -0.25) is 10.1 Å². The van der Waals surface area contributed by atoms with Crippen LogP contribution in [0.5, 0.6) is 5.75 Å². The number of non-ortho nitro benzene ring substituents is 1. The van der Waals surface area contributed by atoms with Crippen molar-refractivity contribution in [1.29, 1.82) is 5.26 Å². The monoisotopic (exact) mass is 516 g/mol. The minimum atomic E-state index is -0.424.